The molecule has 6 nitrogen and oxygen atoms in total. The molecule has 0 aliphatic carbocycles. The van der Waals surface area contributed by atoms with E-state index in [-0.39, 0.29) is 36.7 Å². The van der Waals surface area contributed by atoms with Crippen molar-refractivity contribution < 1.29 is 13.2 Å². The van der Waals surface area contributed by atoms with E-state index in [4.69, 9.17) is 0 Å². The van der Waals surface area contributed by atoms with Crippen molar-refractivity contribution in [1.82, 2.24) is 15.2 Å². The highest BCUT2D eigenvalue weighted by atomic mass is 32.2. The van der Waals surface area contributed by atoms with E-state index in [1.165, 1.54) is 0 Å². The van der Waals surface area contributed by atoms with Gasteiger partial charge >= 0.3 is 6.03 Å². The molecule has 7 heteroatoms. The average molecular weight is 325 g/mol. The Labute approximate surface area is 131 Å². The van der Waals surface area contributed by atoms with Crippen LogP contribution in [0.4, 0.5) is 4.79 Å². The minimum absolute atomic E-state index is 0.0486. The Morgan fingerprint density at radius 2 is 2.14 bits per heavy atom. The third kappa shape index (κ3) is 4.69. The third-order valence-corrected chi connectivity index (χ3v) is 5.47. The summed E-state index contributed by atoms with van der Waals surface area (Å²) in [6.45, 7) is 2.64. The van der Waals surface area contributed by atoms with Crippen LogP contribution in [0.15, 0.2) is 24.5 Å². The fourth-order valence-corrected chi connectivity index (χ4v) is 3.67. The summed E-state index contributed by atoms with van der Waals surface area (Å²) in [7, 11) is -2.98. The molecule has 1 aliphatic rings. The second kappa shape index (κ2) is 7.58. The fourth-order valence-electron chi connectivity index (χ4n) is 2.47. The highest BCUT2D eigenvalue weighted by Crippen LogP contribution is 2.19. The summed E-state index contributed by atoms with van der Waals surface area (Å²) in [5.74, 6) is 0.0971. The van der Waals surface area contributed by atoms with Crippen LogP contribution in [0, 0.1) is 0 Å². The zero-order chi connectivity index (χ0) is 16.0. The smallest absolute Gasteiger partial charge is 0.317 e. The van der Waals surface area contributed by atoms with E-state index in [2.05, 4.69) is 17.2 Å². The fraction of sp³-hybridized carbons (Fsp3) is 0.600. The minimum atomic E-state index is -2.98. The maximum atomic E-state index is 12.4. The Morgan fingerprint density at radius 1 is 1.41 bits per heavy atom. The van der Waals surface area contributed by atoms with Gasteiger partial charge in [0, 0.05) is 25.5 Å². The number of pyridine rings is 1. The summed E-state index contributed by atoms with van der Waals surface area (Å²) in [6.07, 6.45) is 6.38. The lowest BCUT2D eigenvalue weighted by Crippen LogP contribution is -2.49. The number of nitrogens with zero attached hydrogens (tertiary/aromatic N) is 2. The first kappa shape index (κ1) is 16.7. The highest BCUT2D eigenvalue weighted by Gasteiger charge is 2.26. The summed E-state index contributed by atoms with van der Waals surface area (Å²) in [5, 5.41) is 3.02. The van der Waals surface area contributed by atoms with Gasteiger partial charge in [0.15, 0.2) is 9.84 Å². The maximum Gasteiger partial charge on any atom is 0.317 e. The third-order valence-electron chi connectivity index (χ3n) is 3.86. The standard InChI is InChI=1S/C15H23N3O3S/c1-2-3-6-14(13-5-4-7-16-12-13)17-15(19)18-8-10-22(20,21)11-9-18/h4-5,7,12,14H,2-3,6,8-11H2,1H3,(H,17,19)/t14-/m1/s1. The highest BCUT2D eigenvalue weighted by molar-refractivity contribution is 7.91. The van der Waals surface area contributed by atoms with Crippen molar-refractivity contribution in [1.29, 1.82) is 0 Å². The molecule has 1 aromatic rings. The molecule has 0 unspecified atom stereocenters. The van der Waals surface area contributed by atoms with Gasteiger partial charge in [-0.05, 0) is 18.1 Å². The molecule has 122 valence electrons. The van der Waals surface area contributed by atoms with E-state index in [0.717, 1.165) is 24.8 Å². The second-order valence-corrected chi connectivity index (χ2v) is 7.87. The normalized spacial score (nSPS) is 18.7. The molecule has 0 bridgehead atoms. The van der Waals surface area contributed by atoms with Crippen LogP contribution in [0.3, 0.4) is 0 Å². The number of sulfone groups is 1. The molecule has 2 amide bonds. The van der Waals surface area contributed by atoms with Gasteiger partial charge in [-0.15, -0.1) is 0 Å². The molecule has 1 atom stereocenters. The second-order valence-electron chi connectivity index (χ2n) is 5.57. The average Bonchev–Trinajstić information content (AvgIpc) is 2.52. The summed E-state index contributed by atoms with van der Waals surface area (Å²) < 4.78 is 22.9. The van der Waals surface area contributed by atoms with E-state index < -0.39 is 9.84 Å². The number of urea groups is 1. The summed E-state index contributed by atoms with van der Waals surface area (Å²) in [5.41, 5.74) is 0.980. The number of amides is 2. The first-order valence-corrected chi connectivity index (χ1v) is 9.50. The molecular formula is C15H23N3O3S. The zero-order valence-corrected chi connectivity index (χ0v) is 13.7. The van der Waals surface area contributed by atoms with Crippen molar-refractivity contribution in [3.63, 3.8) is 0 Å². The van der Waals surface area contributed by atoms with Gasteiger partial charge in [0.2, 0.25) is 0 Å². The van der Waals surface area contributed by atoms with E-state index in [1.807, 2.05) is 12.1 Å². The van der Waals surface area contributed by atoms with Gasteiger partial charge in [-0.2, -0.15) is 0 Å². The molecule has 1 fully saturated rings. The molecule has 0 radical (unpaired) electrons. The molecule has 2 heterocycles. The topological polar surface area (TPSA) is 79.4 Å². The van der Waals surface area contributed by atoms with E-state index in [1.54, 1.807) is 17.3 Å². The van der Waals surface area contributed by atoms with Crippen LogP contribution in [0.5, 0.6) is 0 Å². The van der Waals surface area contributed by atoms with Crippen molar-refractivity contribution in [2.75, 3.05) is 24.6 Å². The van der Waals surface area contributed by atoms with Crippen molar-refractivity contribution in [2.24, 2.45) is 0 Å². The van der Waals surface area contributed by atoms with Crippen LogP contribution in [-0.2, 0) is 9.84 Å². The molecule has 1 aromatic heterocycles. The van der Waals surface area contributed by atoms with Gasteiger partial charge in [0.25, 0.3) is 0 Å². The van der Waals surface area contributed by atoms with Crippen LogP contribution in [0.25, 0.3) is 0 Å². The van der Waals surface area contributed by atoms with Crippen LogP contribution in [0.2, 0.25) is 0 Å². The number of nitrogens with one attached hydrogen (secondary N) is 1. The van der Waals surface area contributed by atoms with Crippen LogP contribution < -0.4 is 5.32 Å². The van der Waals surface area contributed by atoms with Gasteiger partial charge < -0.3 is 10.2 Å². The number of hydrogen-bond donors (Lipinski definition) is 1. The summed E-state index contributed by atoms with van der Waals surface area (Å²) >= 11 is 0. The van der Waals surface area contributed by atoms with Gasteiger partial charge in [0.1, 0.15) is 0 Å². The quantitative estimate of drug-likeness (QED) is 0.894. The SMILES string of the molecule is CCCC[C@@H](NC(=O)N1CCS(=O)(=O)CC1)c1cccnc1. The van der Waals surface area contributed by atoms with Crippen molar-refractivity contribution in [3.8, 4) is 0 Å². The van der Waals surface area contributed by atoms with Gasteiger partial charge in [-0.25, -0.2) is 13.2 Å². The van der Waals surface area contributed by atoms with Gasteiger partial charge in [-0.3, -0.25) is 4.98 Å². The lowest BCUT2D eigenvalue weighted by Gasteiger charge is -2.29. The zero-order valence-electron chi connectivity index (χ0n) is 12.9. The van der Waals surface area contributed by atoms with E-state index in [0.29, 0.717) is 0 Å². The van der Waals surface area contributed by atoms with E-state index >= 15 is 0 Å². The molecule has 0 spiro atoms. The van der Waals surface area contributed by atoms with E-state index in [9.17, 15) is 13.2 Å². The molecule has 1 saturated heterocycles. The van der Waals surface area contributed by atoms with Crippen molar-refractivity contribution in [2.45, 2.75) is 32.2 Å². The Bertz CT molecular complexity index is 575. The number of hydrogen-bond acceptors (Lipinski definition) is 4. The maximum absolute atomic E-state index is 12.4. The molecule has 2 rings (SSSR count). The molecule has 1 N–H and O–H groups in total. The first-order chi connectivity index (χ1) is 10.5. The Hall–Kier alpha value is -1.63. The Morgan fingerprint density at radius 3 is 2.73 bits per heavy atom. The molecule has 1 aliphatic heterocycles. The number of carbonyl (C=O) groups is 1. The molecule has 0 saturated carbocycles. The van der Waals surface area contributed by atoms with Gasteiger partial charge in [-0.1, -0.05) is 25.8 Å². The van der Waals surface area contributed by atoms with Gasteiger partial charge in [0.05, 0.1) is 17.5 Å². The minimum Gasteiger partial charge on any atom is -0.331 e. The van der Waals surface area contributed by atoms with Crippen LogP contribution in [-0.4, -0.2) is 48.9 Å². The lowest BCUT2D eigenvalue weighted by atomic mass is 10.0. The molecular weight excluding hydrogens is 302 g/mol. The monoisotopic (exact) mass is 325 g/mol. The summed E-state index contributed by atoms with van der Waals surface area (Å²) in [6, 6.07) is 3.53. The first-order valence-electron chi connectivity index (χ1n) is 7.67. The van der Waals surface area contributed by atoms with Crippen molar-refractivity contribution in [3.05, 3.63) is 30.1 Å². The largest absolute Gasteiger partial charge is 0.331 e. The predicted molar refractivity (Wildman–Crippen MR) is 85.3 cm³/mol. The lowest BCUT2D eigenvalue weighted by molar-refractivity contribution is 0.197. The number of rotatable bonds is 5. The number of carbonyl (C=O) groups excluding carboxylic acids is 1. The number of aromatic nitrogens is 1. The predicted octanol–water partition coefficient (Wildman–Crippen LogP) is 1.75. The number of unbranched alkanes of at least 4 members (excludes halogenated alkanes) is 1. The van der Waals surface area contributed by atoms with Crippen LogP contribution in [0.1, 0.15) is 37.8 Å². The molecule has 0 aromatic carbocycles. The Kier molecular flexibility index (Phi) is 5.76. The Balaban J connectivity index is 1.99. The van der Waals surface area contributed by atoms with Crippen LogP contribution >= 0.6 is 0 Å². The molecule has 22 heavy (non-hydrogen) atoms. The van der Waals surface area contributed by atoms with Crippen molar-refractivity contribution >= 4 is 15.9 Å². The summed E-state index contributed by atoms with van der Waals surface area (Å²) in [4.78, 5) is 18.0.